The number of aromatic nitrogens is 2. The second-order valence-corrected chi connectivity index (χ2v) is 9.89. The largest absolute Gasteiger partial charge is 0.495 e. The van der Waals surface area contributed by atoms with Crippen LogP contribution in [0.1, 0.15) is 29.0 Å². The molecule has 2 atom stereocenters. The van der Waals surface area contributed by atoms with Crippen LogP contribution in [0.2, 0.25) is 5.02 Å². The van der Waals surface area contributed by atoms with Crippen LogP contribution in [0.5, 0.6) is 5.75 Å². The third-order valence-corrected chi connectivity index (χ3v) is 7.35. The topological polar surface area (TPSA) is 80.7 Å². The quantitative estimate of drug-likeness (QED) is 0.271. The zero-order valence-electron chi connectivity index (χ0n) is 21.7. The fourth-order valence-corrected chi connectivity index (χ4v) is 5.31. The minimum Gasteiger partial charge on any atom is -0.495 e. The zero-order chi connectivity index (χ0) is 27.5. The van der Waals surface area contributed by atoms with Gasteiger partial charge in [0.05, 0.1) is 24.5 Å². The summed E-state index contributed by atoms with van der Waals surface area (Å²) in [5.41, 5.74) is 5.12. The van der Waals surface area contributed by atoms with E-state index < -0.39 is 0 Å². The van der Waals surface area contributed by atoms with E-state index in [1.54, 1.807) is 13.3 Å². The van der Waals surface area contributed by atoms with E-state index in [1.165, 1.54) is 7.11 Å². The van der Waals surface area contributed by atoms with Gasteiger partial charge in [0.1, 0.15) is 18.4 Å². The molecule has 1 aliphatic rings. The first-order valence-electron chi connectivity index (χ1n) is 12.3. The van der Waals surface area contributed by atoms with Crippen LogP contribution in [-0.2, 0) is 9.53 Å². The Morgan fingerprint density at radius 2 is 1.92 bits per heavy atom. The summed E-state index contributed by atoms with van der Waals surface area (Å²) >= 11 is 12.2. The highest BCUT2D eigenvalue weighted by Crippen LogP contribution is 2.44. The monoisotopic (exact) mass is 561 g/mol. The van der Waals surface area contributed by atoms with Crippen molar-refractivity contribution in [3.63, 3.8) is 0 Å². The number of methoxy groups -OCH3 is 2. The molecule has 2 N–H and O–H groups in total. The number of aryl methyl sites for hydroxylation is 1. The van der Waals surface area contributed by atoms with Crippen LogP contribution in [-0.4, -0.2) is 41.4 Å². The van der Waals surface area contributed by atoms with E-state index in [0.717, 1.165) is 28.3 Å². The van der Waals surface area contributed by atoms with Crippen LogP contribution in [0.25, 0.3) is 5.69 Å². The van der Waals surface area contributed by atoms with Gasteiger partial charge in [0, 0.05) is 41.6 Å². The van der Waals surface area contributed by atoms with Crippen molar-refractivity contribution >= 4 is 46.2 Å². The van der Waals surface area contributed by atoms with E-state index in [-0.39, 0.29) is 24.6 Å². The standard InChI is InChI=1S/C29H28ClN5O3S/c1-18-15-19(9-11-21(18)30)34-14-6-8-24(34)28-27(22-7-4-5-13-31-22)33-29(39)35(28)20-10-12-25(38-3)23(16-20)32-26(36)17-37-2/h4-16,27-28H,17H2,1-3H3,(H,32,36)(H,33,39)/t27-,28+/m1/s1. The lowest BCUT2D eigenvalue weighted by Gasteiger charge is -2.29. The van der Waals surface area contributed by atoms with Gasteiger partial charge < -0.3 is 29.6 Å². The number of nitrogens with zero attached hydrogens (tertiary/aromatic N) is 3. The van der Waals surface area contributed by atoms with Gasteiger partial charge in [0.25, 0.3) is 0 Å². The maximum atomic E-state index is 12.4. The Hall–Kier alpha value is -3.92. The number of benzene rings is 2. The molecule has 4 aromatic rings. The molecule has 2 aromatic heterocycles. The van der Waals surface area contributed by atoms with E-state index in [0.29, 0.717) is 21.6 Å². The molecule has 200 valence electrons. The van der Waals surface area contributed by atoms with Gasteiger partial charge in [0.15, 0.2) is 5.11 Å². The molecule has 2 aromatic carbocycles. The summed E-state index contributed by atoms with van der Waals surface area (Å²) < 4.78 is 12.6. The summed E-state index contributed by atoms with van der Waals surface area (Å²) in [5, 5.41) is 7.61. The predicted octanol–water partition coefficient (Wildman–Crippen LogP) is 5.60. The second kappa shape index (κ2) is 11.4. The lowest BCUT2D eigenvalue weighted by atomic mass is 10.0. The Balaban J connectivity index is 1.63. The average Bonchev–Trinajstić information content (AvgIpc) is 3.55. The molecule has 8 nitrogen and oxygen atoms in total. The SMILES string of the molecule is COCC(=O)Nc1cc(N2C(=S)N[C@H](c3ccccn3)[C@@H]2c2cccn2-c2ccc(Cl)c(C)c2)ccc1OC. The summed E-state index contributed by atoms with van der Waals surface area (Å²) in [5.74, 6) is 0.240. The van der Waals surface area contributed by atoms with Crippen LogP contribution >= 0.6 is 23.8 Å². The molecule has 0 radical (unpaired) electrons. The van der Waals surface area contributed by atoms with Gasteiger partial charge in [-0.25, -0.2) is 0 Å². The average molecular weight is 562 g/mol. The number of thiocarbonyl (C=S) groups is 1. The number of carbonyl (C=O) groups is 1. The molecule has 0 unspecified atom stereocenters. The fourth-order valence-electron chi connectivity index (χ4n) is 4.84. The van der Waals surface area contributed by atoms with Crippen LogP contribution in [0.3, 0.4) is 0 Å². The summed E-state index contributed by atoms with van der Waals surface area (Å²) in [7, 11) is 3.03. The highest BCUT2D eigenvalue weighted by molar-refractivity contribution is 7.80. The normalized spacial score (nSPS) is 16.7. The number of carbonyl (C=O) groups excluding carboxylic acids is 1. The first-order chi connectivity index (χ1) is 18.9. The van der Waals surface area contributed by atoms with Gasteiger partial charge in [-0.3, -0.25) is 9.78 Å². The predicted molar refractivity (Wildman–Crippen MR) is 157 cm³/mol. The molecule has 1 aliphatic heterocycles. The van der Waals surface area contributed by atoms with Crippen LogP contribution in [0.15, 0.2) is 79.1 Å². The van der Waals surface area contributed by atoms with Crippen molar-refractivity contribution in [1.82, 2.24) is 14.9 Å². The molecule has 1 amide bonds. The molecule has 39 heavy (non-hydrogen) atoms. The molecule has 1 fully saturated rings. The molecule has 0 bridgehead atoms. The van der Waals surface area contributed by atoms with Gasteiger partial charge in [-0.2, -0.15) is 0 Å². The molecule has 0 spiro atoms. The highest BCUT2D eigenvalue weighted by Gasteiger charge is 2.42. The van der Waals surface area contributed by atoms with E-state index >= 15 is 0 Å². The smallest absolute Gasteiger partial charge is 0.250 e. The Bertz CT molecular complexity index is 1510. The first kappa shape index (κ1) is 26.7. The lowest BCUT2D eigenvalue weighted by Crippen LogP contribution is -2.30. The number of ether oxygens (including phenoxy) is 2. The van der Waals surface area contributed by atoms with Crippen LogP contribution in [0, 0.1) is 6.92 Å². The third kappa shape index (κ3) is 5.34. The van der Waals surface area contributed by atoms with Gasteiger partial charge in [-0.15, -0.1) is 0 Å². The number of hydrogen-bond acceptors (Lipinski definition) is 5. The van der Waals surface area contributed by atoms with Crippen molar-refractivity contribution in [3.05, 3.63) is 101 Å². The van der Waals surface area contributed by atoms with Crippen molar-refractivity contribution in [3.8, 4) is 11.4 Å². The maximum absolute atomic E-state index is 12.4. The number of nitrogens with one attached hydrogen (secondary N) is 2. The molecule has 3 heterocycles. The fraction of sp³-hybridized carbons (Fsp3) is 0.207. The van der Waals surface area contributed by atoms with Crippen molar-refractivity contribution in [2.75, 3.05) is 31.0 Å². The number of anilines is 2. The lowest BCUT2D eigenvalue weighted by molar-refractivity contribution is -0.119. The van der Waals surface area contributed by atoms with E-state index in [4.69, 9.17) is 33.3 Å². The zero-order valence-corrected chi connectivity index (χ0v) is 23.3. The van der Waals surface area contributed by atoms with Gasteiger partial charge in [-0.1, -0.05) is 17.7 Å². The molecule has 5 rings (SSSR count). The molecule has 0 aliphatic carbocycles. The number of halogens is 1. The Labute approximate surface area is 237 Å². The summed E-state index contributed by atoms with van der Waals surface area (Å²) in [4.78, 5) is 19.1. The summed E-state index contributed by atoms with van der Waals surface area (Å²) in [6, 6.07) is 21.0. The number of amides is 1. The number of rotatable bonds is 8. The highest BCUT2D eigenvalue weighted by atomic mass is 35.5. The molecular formula is C29H28ClN5O3S. The minimum absolute atomic E-state index is 0.0739. The number of pyridine rings is 1. The van der Waals surface area contributed by atoms with Crippen molar-refractivity contribution in [2.24, 2.45) is 0 Å². The van der Waals surface area contributed by atoms with E-state index in [2.05, 4.69) is 37.2 Å². The second-order valence-electron chi connectivity index (χ2n) is 9.10. The Morgan fingerprint density at radius 1 is 1.10 bits per heavy atom. The Kier molecular flexibility index (Phi) is 7.83. The van der Waals surface area contributed by atoms with Crippen molar-refractivity contribution in [1.29, 1.82) is 0 Å². The number of hydrogen-bond donors (Lipinski definition) is 2. The van der Waals surface area contributed by atoms with Gasteiger partial charge >= 0.3 is 0 Å². The van der Waals surface area contributed by atoms with Gasteiger partial charge in [-0.05, 0) is 85.4 Å². The van der Waals surface area contributed by atoms with E-state index in [1.807, 2.05) is 67.7 Å². The molecule has 0 saturated carbocycles. The van der Waals surface area contributed by atoms with Crippen LogP contribution in [0.4, 0.5) is 11.4 Å². The molecular weight excluding hydrogens is 534 g/mol. The van der Waals surface area contributed by atoms with Crippen LogP contribution < -0.4 is 20.3 Å². The van der Waals surface area contributed by atoms with E-state index in [9.17, 15) is 4.79 Å². The molecule has 10 heteroatoms. The Morgan fingerprint density at radius 3 is 2.64 bits per heavy atom. The summed E-state index contributed by atoms with van der Waals surface area (Å²) in [6.45, 7) is 1.91. The van der Waals surface area contributed by atoms with Gasteiger partial charge in [0.2, 0.25) is 5.91 Å². The summed E-state index contributed by atoms with van der Waals surface area (Å²) in [6.07, 6.45) is 3.80. The van der Waals surface area contributed by atoms with Crippen molar-refractivity contribution in [2.45, 2.75) is 19.0 Å². The van der Waals surface area contributed by atoms with Crippen molar-refractivity contribution < 1.29 is 14.3 Å². The minimum atomic E-state index is -0.287. The maximum Gasteiger partial charge on any atom is 0.250 e. The first-order valence-corrected chi connectivity index (χ1v) is 13.1. The molecule has 1 saturated heterocycles. The third-order valence-electron chi connectivity index (χ3n) is 6.61.